The molecule has 0 aliphatic carbocycles. The molecule has 0 spiro atoms. The van der Waals surface area contributed by atoms with Crippen LogP contribution in [0.1, 0.15) is 5.56 Å². The Kier molecular flexibility index (Phi) is 5.32. The van der Waals surface area contributed by atoms with Gasteiger partial charge in [-0.05, 0) is 29.8 Å². The molecule has 0 atom stereocenters. The fourth-order valence-corrected chi connectivity index (χ4v) is 1.96. The van der Waals surface area contributed by atoms with Gasteiger partial charge in [0.25, 0.3) is 0 Å². The van der Waals surface area contributed by atoms with E-state index in [0.717, 1.165) is 5.56 Å². The Morgan fingerprint density at radius 1 is 1.27 bits per heavy atom. The molecule has 0 saturated heterocycles. The number of pyridine rings is 1. The van der Waals surface area contributed by atoms with E-state index in [0.29, 0.717) is 16.5 Å². The van der Waals surface area contributed by atoms with Crippen LogP contribution in [0.25, 0.3) is 0 Å². The highest BCUT2D eigenvalue weighted by Gasteiger charge is 2.14. The summed E-state index contributed by atoms with van der Waals surface area (Å²) in [6, 6.07) is 8.25. The highest BCUT2D eigenvalue weighted by Crippen LogP contribution is 2.27. The number of halogens is 1. The Morgan fingerprint density at radius 2 is 2.09 bits per heavy atom. The minimum Gasteiger partial charge on any atom is -0.495 e. The topological polar surface area (TPSA) is 80.3 Å². The number of hydrogen-bond acceptors (Lipinski definition) is 4. The first-order chi connectivity index (χ1) is 10.6. The summed E-state index contributed by atoms with van der Waals surface area (Å²) in [7, 11) is 1.49. The lowest BCUT2D eigenvalue weighted by atomic mass is 10.3. The summed E-state index contributed by atoms with van der Waals surface area (Å²) in [4.78, 5) is 27.4. The molecule has 1 aromatic heterocycles. The molecule has 1 heterocycles. The monoisotopic (exact) mass is 319 g/mol. The maximum Gasteiger partial charge on any atom is 0.313 e. The van der Waals surface area contributed by atoms with Gasteiger partial charge in [0.15, 0.2) is 0 Å². The summed E-state index contributed by atoms with van der Waals surface area (Å²) < 4.78 is 5.01. The van der Waals surface area contributed by atoms with E-state index in [2.05, 4.69) is 15.6 Å². The number of methoxy groups -OCH3 is 1. The van der Waals surface area contributed by atoms with E-state index < -0.39 is 11.8 Å². The Morgan fingerprint density at radius 3 is 2.73 bits per heavy atom. The third-order valence-corrected chi connectivity index (χ3v) is 3.09. The number of anilines is 1. The zero-order valence-electron chi connectivity index (χ0n) is 11.8. The van der Waals surface area contributed by atoms with Crippen LogP contribution in [0, 0.1) is 0 Å². The standard InChI is InChI=1S/C15H14ClN3O3/c1-22-13-5-4-11(7-12(13)16)19-15(21)14(20)18-9-10-3-2-6-17-8-10/h2-8H,9H2,1H3,(H,18,20)(H,19,21). The smallest absolute Gasteiger partial charge is 0.313 e. The molecule has 7 heteroatoms. The van der Waals surface area contributed by atoms with Crippen molar-refractivity contribution in [3.63, 3.8) is 0 Å². The van der Waals surface area contributed by atoms with Crippen LogP contribution in [0.3, 0.4) is 0 Å². The van der Waals surface area contributed by atoms with E-state index in [4.69, 9.17) is 16.3 Å². The maximum absolute atomic E-state index is 11.8. The van der Waals surface area contributed by atoms with E-state index >= 15 is 0 Å². The van der Waals surface area contributed by atoms with Crippen molar-refractivity contribution in [2.24, 2.45) is 0 Å². The van der Waals surface area contributed by atoms with Crippen LogP contribution in [0.4, 0.5) is 5.69 Å². The number of hydrogen-bond donors (Lipinski definition) is 2. The quantitative estimate of drug-likeness (QED) is 0.845. The van der Waals surface area contributed by atoms with Crippen LogP contribution in [-0.4, -0.2) is 23.9 Å². The van der Waals surface area contributed by atoms with Gasteiger partial charge in [0.2, 0.25) is 0 Å². The van der Waals surface area contributed by atoms with Gasteiger partial charge >= 0.3 is 11.8 Å². The van der Waals surface area contributed by atoms with Gasteiger partial charge in [-0.25, -0.2) is 0 Å². The second-order valence-corrected chi connectivity index (χ2v) is 4.75. The lowest BCUT2D eigenvalue weighted by molar-refractivity contribution is -0.136. The highest BCUT2D eigenvalue weighted by atomic mass is 35.5. The molecule has 114 valence electrons. The summed E-state index contributed by atoms with van der Waals surface area (Å²) in [6.07, 6.45) is 3.24. The molecule has 2 amide bonds. The van der Waals surface area contributed by atoms with E-state index in [9.17, 15) is 9.59 Å². The number of nitrogens with one attached hydrogen (secondary N) is 2. The zero-order chi connectivity index (χ0) is 15.9. The summed E-state index contributed by atoms with van der Waals surface area (Å²) >= 11 is 5.95. The van der Waals surface area contributed by atoms with Crippen LogP contribution in [0.15, 0.2) is 42.7 Å². The summed E-state index contributed by atoms with van der Waals surface area (Å²) in [6.45, 7) is 0.226. The number of benzene rings is 1. The maximum atomic E-state index is 11.8. The Hall–Kier alpha value is -2.60. The lowest BCUT2D eigenvalue weighted by Crippen LogP contribution is -2.34. The van der Waals surface area contributed by atoms with Gasteiger partial charge in [0.1, 0.15) is 5.75 Å². The Bertz CT molecular complexity index is 677. The van der Waals surface area contributed by atoms with Crippen LogP contribution in [-0.2, 0) is 16.1 Å². The third kappa shape index (κ3) is 4.20. The van der Waals surface area contributed by atoms with Crippen molar-refractivity contribution >= 4 is 29.1 Å². The molecule has 0 aliphatic rings. The first-order valence-corrected chi connectivity index (χ1v) is 6.79. The van der Waals surface area contributed by atoms with Gasteiger partial charge in [0.05, 0.1) is 12.1 Å². The molecule has 2 aromatic rings. The predicted octanol–water partition coefficient (Wildman–Crippen LogP) is 2.00. The van der Waals surface area contributed by atoms with Crippen LogP contribution in [0.2, 0.25) is 5.02 Å². The molecule has 6 nitrogen and oxygen atoms in total. The number of carbonyl (C=O) groups is 2. The normalized spacial score (nSPS) is 9.91. The van der Waals surface area contributed by atoms with Gasteiger partial charge < -0.3 is 15.4 Å². The van der Waals surface area contributed by atoms with Crippen LogP contribution >= 0.6 is 11.6 Å². The summed E-state index contributed by atoms with van der Waals surface area (Å²) in [5.41, 5.74) is 1.21. The van der Waals surface area contributed by atoms with Crippen molar-refractivity contribution in [3.05, 3.63) is 53.3 Å². The molecule has 0 bridgehead atoms. The SMILES string of the molecule is COc1ccc(NC(=O)C(=O)NCc2cccnc2)cc1Cl. The van der Waals surface area contributed by atoms with Crippen molar-refractivity contribution in [3.8, 4) is 5.75 Å². The number of nitrogens with zero attached hydrogens (tertiary/aromatic N) is 1. The molecule has 0 radical (unpaired) electrons. The molecule has 2 rings (SSSR count). The highest BCUT2D eigenvalue weighted by molar-refractivity contribution is 6.39. The first kappa shape index (κ1) is 15.8. The summed E-state index contributed by atoms with van der Waals surface area (Å²) in [5, 5.41) is 5.31. The molecule has 2 N–H and O–H groups in total. The van der Waals surface area contributed by atoms with Crippen molar-refractivity contribution in [1.82, 2.24) is 10.3 Å². The molecule has 0 fully saturated rings. The van der Waals surface area contributed by atoms with E-state index in [1.807, 2.05) is 0 Å². The van der Waals surface area contributed by atoms with E-state index in [1.165, 1.54) is 13.2 Å². The number of rotatable bonds is 4. The van der Waals surface area contributed by atoms with Crippen molar-refractivity contribution in [2.75, 3.05) is 12.4 Å². The molecule has 1 aromatic carbocycles. The minimum absolute atomic E-state index is 0.226. The van der Waals surface area contributed by atoms with Gasteiger partial charge in [-0.15, -0.1) is 0 Å². The number of amides is 2. The fraction of sp³-hybridized carbons (Fsp3) is 0.133. The molecule has 0 aliphatic heterocycles. The van der Waals surface area contributed by atoms with Crippen molar-refractivity contribution < 1.29 is 14.3 Å². The molecule has 0 saturated carbocycles. The minimum atomic E-state index is -0.773. The zero-order valence-corrected chi connectivity index (χ0v) is 12.6. The largest absolute Gasteiger partial charge is 0.495 e. The van der Waals surface area contributed by atoms with Crippen LogP contribution in [0.5, 0.6) is 5.75 Å². The lowest BCUT2D eigenvalue weighted by Gasteiger charge is -2.08. The van der Waals surface area contributed by atoms with Gasteiger partial charge in [-0.2, -0.15) is 0 Å². The molecule has 0 unspecified atom stereocenters. The average molecular weight is 320 g/mol. The van der Waals surface area contributed by atoms with Crippen molar-refractivity contribution in [1.29, 1.82) is 0 Å². The average Bonchev–Trinajstić information content (AvgIpc) is 2.53. The predicted molar refractivity (Wildman–Crippen MR) is 82.7 cm³/mol. The second kappa shape index (κ2) is 7.42. The van der Waals surface area contributed by atoms with Crippen molar-refractivity contribution in [2.45, 2.75) is 6.54 Å². The van der Waals surface area contributed by atoms with Crippen LogP contribution < -0.4 is 15.4 Å². The number of carbonyl (C=O) groups excluding carboxylic acids is 2. The van der Waals surface area contributed by atoms with Gasteiger partial charge in [-0.1, -0.05) is 17.7 Å². The molecular weight excluding hydrogens is 306 g/mol. The van der Waals surface area contributed by atoms with Gasteiger partial charge in [0, 0.05) is 24.6 Å². The number of aromatic nitrogens is 1. The number of ether oxygens (including phenoxy) is 1. The van der Waals surface area contributed by atoms with E-state index in [1.54, 1.807) is 36.7 Å². The van der Waals surface area contributed by atoms with Gasteiger partial charge in [-0.3, -0.25) is 14.6 Å². The Labute approximate surface area is 132 Å². The fourth-order valence-electron chi connectivity index (χ4n) is 1.70. The molecular formula is C15H14ClN3O3. The summed E-state index contributed by atoms with van der Waals surface area (Å²) in [5.74, 6) is -1.03. The third-order valence-electron chi connectivity index (χ3n) is 2.79. The van der Waals surface area contributed by atoms with E-state index in [-0.39, 0.29) is 6.54 Å². The Balaban J connectivity index is 1.91. The molecule has 22 heavy (non-hydrogen) atoms. The first-order valence-electron chi connectivity index (χ1n) is 6.42. The second-order valence-electron chi connectivity index (χ2n) is 4.35.